The molecule has 2 heterocycles. The standard InChI is InChI=1S/C16H19N3O3S/c1-23(21,22)10-7-16(20)18-12-14(19-9-4-8-17-19)11-13-5-2-3-6-15(13)18/h2-6,8-9,14H,7,10-12H2,1H3/t14-/m0/s1. The van der Waals surface area contributed by atoms with Crippen molar-refractivity contribution in [2.45, 2.75) is 18.9 Å². The van der Waals surface area contributed by atoms with E-state index in [9.17, 15) is 13.2 Å². The second kappa shape index (κ2) is 6.16. The molecule has 0 N–H and O–H groups in total. The predicted molar refractivity (Wildman–Crippen MR) is 88.1 cm³/mol. The van der Waals surface area contributed by atoms with E-state index in [1.165, 1.54) is 0 Å². The minimum atomic E-state index is -3.16. The van der Waals surface area contributed by atoms with E-state index >= 15 is 0 Å². The second-order valence-electron chi connectivity index (χ2n) is 5.86. The van der Waals surface area contributed by atoms with E-state index in [-0.39, 0.29) is 24.1 Å². The minimum absolute atomic E-state index is 0.000997. The smallest absolute Gasteiger partial charge is 0.228 e. The SMILES string of the molecule is CS(=O)(=O)CCC(=O)N1C[C@@H](n2cccn2)Cc2ccccc21. The molecule has 0 saturated heterocycles. The summed E-state index contributed by atoms with van der Waals surface area (Å²) in [4.78, 5) is 14.2. The van der Waals surface area contributed by atoms with Crippen LogP contribution >= 0.6 is 0 Å². The molecule has 1 atom stereocenters. The summed E-state index contributed by atoms with van der Waals surface area (Å²) >= 11 is 0. The van der Waals surface area contributed by atoms with Crippen LogP contribution in [0.3, 0.4) is 0 Å². The summed E-state index contributed by atoms with van der Waals surface area (Å²) in [7, 11) is -3.16. The maximum Gasteiger partial charge on any atom is 0.228 e. The number of sulfone groups is 1. The molecule has 1 aromatic heterocycles. The number of benzene rings is 1. The average molecular weight is 333 g/mol. The average Bonchev–Trinajstić information content (AvgIpc) is 3.05. The van der Waals surface area contributed by atoms with Gasteiger partial charge in [0.25, 0.3) is 0 Å². The molecule has 7 heteroatoms. The number of para-hydroxylation sites is 1. The van der Waals surface area contributed by atoms with Gasteiger partial charge in [0.2, 0.25) is 5.91 Å². The van der Waals surface area contributed by atoms with Crippen LogP contribution in [0.1, 0.15) is 18.0 Å². The fourth-order valence-electron chi connectivity index (χ4n) is 2.89. The van der Waals surface area contributed by atoms with Crippen molar-refractivity contribution in [1.29, 1.82) is 0 Å². The van der Waals surface area contributed by atoms with E-state index in [0.29, 0.717) is 6.54 Å². The Morgan fingerprint density at radius 2 is 2.09 bits per heavy atom. The number of aromatic nitrogens is 2. The molecule has 122 valence electrons. The first kappa shape index (κ1) is 15.7. The largest absolute Gasteiger partial charge is 0.310 e. The van der Waals surface area contributed by atoms with Gasteiger partial charge in [0.15, 0.2) is 0 Å². The van der Waals surface area contributed by atoms with Gasteiger partial charge in [-0.05, 0) is 24.1 Å². The van der Waals surface area contributed by atoms with Crippen molar-refractivity contribution in [3.05, 3.63) is 48.3 Å². The van der Waals surface area contributed by atoms with E-state index in [4.69, 9.17) is 0 Å². The lowest BCUT2D eigenvalue weighted by Crippen LogP contribution is -2.41. The molecule has 1 aliphatic rings. The van der Waals surface area contributed by atoms with Gasteiger partial charge in [0.05, 0.1) is 11.8 Å². The number of anilines is 1. The molecule has 3 rings (SSSR count). The summed E-state index contributed by atoms with van der Waals surface area (Å²) in [5.74, 6) is -0.295. The van der Waals surface area contributed by atoms with E-state index in [1.54, 1.807) is 11.1 Å². The fraction of sp³-hybridized carbons (Fsp3) is 0.375. The van der Waals surface area contributed by atoms with Crippen LogP contribution in [-0.4, -0.2) is 42.7 Å². The first-order chi connectivity index (χ1) is 10.9. The molecule has 0 spiro atoms. The first-order valence-corrected chi connectivity index (χ1v) is 9.55. The Balaban J connectivity index is 1.87. The molecule has 0 unspecified atom stereocenters. The third-order valence-corrected chi connectivity index (χ3v) is 4.96. The number of hydrogen-bond acceptors (Lipinski definition) is 4. The number of hydrogen-bond donors (Lipinski definition) is 0. The Bertz CT molecular complexity index is 800. The Morgan fingerprint density at radius 1 is 1.30 bits per heavy atom. The third kappa shape index (κ3) is 3.61. The maximum atomic E-state index is 12.6. The third-order valence-electron chi connectivity index (χ3n) is 4.02. The van der Waals surface area contributed by atoms with E-state index in [2.05, 4.69) is 5.10 Å². The number of fused-ring (bicyclic) bond motifs is 1. The van der Waals surface area contributed by atoms with Crippen molar-refractivity contribution in [3.63, 3.8) is 0 Å². The Morgan fingerprint density at radius 3 is 2.78 bits per heavy atom. The number of carbonyl (C=O) groups is 1. The molecular weight excluding hydrogens is 314 g/mol. The van der Waals surface area contributed by atoms with E-state index in [1.807, 2.05) is 41.2 Å². The Labute approximate surface area is 135 Å². The van der Waals surface area contributed by atoms with Crippen LogP contribution in [0.15, 0.2) is 42.7 Å². The second-order valence-corrected chi connectivity index (χ2v) is 8.12. The van der Waals surface area contributed by atoms with Crippen LogP contribution < -0.4 is 4.90 Å². The highest BCUT2D eigenvalue weighted by molar-refractivity contribution is 7.90. The van der Waals surface area contributed by atoms with Crippen LogP contribution in [0, 0.1) is 0 Å². The molecule has 0 saturated carbocycles. The van der Waals surface area contributed by atoms with Gasteiger partial charge in [0.1, 0.15) is 9.84 Å². The van der Waals surface area contributed by atoms with Crippen LogP contribution in [0.5, 0.6) is 0 Å². The lowest BCUT2D eigenvalue weighted by molar-refractivity contribution is -0.118. The highest BCUT2D eigenvalue weighted by Crippen LogP contribution is 2.32. The molecule has 0 fully saturated rings. The van der Waals surface area contributed by atoms with Gasteiger partial charge in [-0.3, -0.25) is 9.48 Å². The summed E-state index contributed by atoms with van der Waals surface area (Å²) in [6.45, 7) is 0.501. The van der Waals surface area contributed by atoms with E-state index < -0.39 is 9.84 Å². The Hall–Kier alpha value is -2.15. The van der Waals surface area contributed by atoms with Gasteiger partial charge < -0.3 is 4.90 Å². The molecule has 0 aliphatic carbocycles. The van der Waals surface area contributed by atoms with Crippen molar-refractivity contribution >= 4 is 21.4 Å². The summed E-state index contributed by atoms with van der Waals surface area (Å²) in [5, 5.41) is 4.27. The quantitative estimate of drug-likeness (QED) is 0.849. The molecular formula is C16H19N3O3S. The highest BCUT2D eigenvalue weighted by Gasteiger charge is 2.29. The zero-order chi connectivity index (χ0) is 16.4. The van der Waals surface area contributed by atoms with Crippen molar-refractivity contribution in [3.8, 4) is 0 Å². The first-order valence-electron chi connectivity index (χ1n) is 7.49. The van der Waals surface area contributed by atoms with Crippen molar-refractivity contribution < 1.29 is 13.2 Å². The maximum absolute atomic E-state index is 12.6. The molecule has 0 bridgehead atoms. The number of amides is 1. The molecule has 1 aromatic carbocycles. The van der Waals surface area contributed by atoms with Gasteiger partial charge in [-0.25, -0.2) is 8.42 Å². The van der Waals surface area contributed by atoms with Gasteiger partial charge in [-0.1, -0.05) is 18.2 Å². The Kier molecular flexibility index (Phi) is 4.21. The normalized spacial score (nSPS) is 17.8. The summed E-state index contributed by atoms with van der Waals surface area (Å²) in [5.41, 5.74) is 1.95. The van der Waals surface area contributed by atoms with Crippen LogP contribution in [-0.2, 0) is 21.1 Å². The summed E-state index contributed by atoms with van der Waals surface area (Å²) in [6, 6.07) is 9.67. The van der Waals surface area contributed by atoms with Gasteiger partial charge in [0, 0.05) is 37.3 Å². The lowest BCUT2D eigenvalue weighted by atomic mass is 9.97. The molecule has 1 amide bonds. The monoisotopic (exact) mass is 333 g/mol. The number of rotatable bonds is 4. The molecule has 1 aliphatic heterocycles. The fourth-order valence-corrected chi connectivity index (χ4v) is 3.44. The van der Waals surface area contributed by atoms with Crippen LogP contribution in [0.4, 0.5) is 5.69 Å². The lowest BCUT2D eigenvalue weighted by Gasteiger charge is -2.34. The van der Waals surface area contributed by atoms with Crippen molar-refractivity contribution in [2.24, 2.45) is 0 Å². The zero-order valence-electron chi connectivity index (χ0n) is 12.9. The van der Waals surface area contributed by atoms with E-state index in [0.717, 1.165) is 23.9 Å². The molecule has 23 heavy (non-hydrogen) atoms. The topological polar surface area (TPSA) is 72.3 Å². The summed E-state index contributed by atoms with van der Waals surface area (Å²) < 4.78 is 24.5. The molecule has 0 radical (unpaired) electrons. The highest BCUT2D eigenvalue weighted by atomic mass is 32.2. The number of nitrogens with zero attached hydrogens (tertiary/aromatic N) is 3. The number of carbonyl (C=O) groups excluding carboxylic acids is 1. The van der Waals surface area contributed by atoms with Crippen LogP contribution in [0.25, 0.3) is 0 Å². The minimum Gasteiger partial charge on any atom is -0.310 e. The van der Waals surface area contributed by atoms with Crippen molar-refractivity contribution in [2.75, 3.05) is 23.5 Å². The van der Waals surface area contributed by atoms with Gasteiger partial charge >= 0.3 is 0 Å². The predicted octanol–water partition coefficient (Wildman–Crippen LogP) is 1.45. The van der Waals surface area contributed by atoms with Gasteiger partial charge in [-0.15, -0.1) is 0 Å². The van der Waals surface area contributed by atoms with Crippen molar-refractivity contribution in [1.82, 2.24) is 9.78 Å². The summed E-state index contributed by atoms with van der Waals surface area (Å²) in [6.07, 6.45) is 5.55. The van der Waals surface area contributed by atoms with Crippen LogP contribution in [0.2, 0.25) is 0 Å². The zero-order valence-corrected chi connectivity index (χ0v) is 13.7. The molecule has 2 aromatic rings. The molecule has 6 nitrogen and oxygen atoms in total. The van der Waals surface area contributed by atoms with Gasteiger partial charge in [-0.2, -0.15) is 5.10 Å².